The molecule has 1 aliphatic heterocycles. The number of amides is 2. The summed E-state index contributed by atoms with van der Waals surface area (Å²) in [7, 11) is 0. The fraction of sp³-hybridized carbons (Fsp3) is 0.448. The van der Waals surface area contributed by atoms with E-state index in [1.807, 2.05) is 42.6 Å². The van der Waals surface area contributed by atoms with Gasteiger partial charge in [0.1, 0.15) is 5.75 Å². The number of para-hydroxylation sites is 1. The normalized spacial score (nSPS) is 23.4. The average Bonchev–Trinajstić information content (AvgIpc) is 3.46. The molecule has 1 fully saturated rings. The summed E-state index contributed by atoms with van der Waals surface area (Å²) in [5, 5.41) is 33.7. The molecule has 0 spiro atoms. The second-order valence-corrected chi connectivity index (χ2v) is 10.9. The van der Waals surface area contributed by atoms with Gasteiger partial charge in [0.05, 0.1) is 31.1 Å². The Labute approximate surface area is 216 Å². The van der Waals surface area contributed by atoms with Gasteiger partial charge in [0.2, 0.25) is 11.8 Å². The average molecular weight is 510 g/mol. The molecular formula is C29H35NO5S. The van der Waals surface area contributed by atoms with Crippen LogP contribution in [0.25, 0.3) is 6.08 Å². The summed E-state index contributed by atoms with van der Waals surface area (Å²) in [5.41, 5.74) is 3.49. The molecule has 2 heterocycles. The Morgan fingerprint density at radius 2 is 1.97 bits per heavy atom. The van der Waals surface area contributed by atoms with Crippen LogP contribution < -0.4 is 0 Å². The minimum absolute atomic E-state index is 0.166. The topological polar surface area (TPSA) is 98.1 Å². The molecule has 0 unspecified atom stereocenters. The Balaban J connectivity index is 1.55. The first-order valence-electron chi connectivity index (χ1n) is 12.7. The van der Waals surface area contributed by atoms with Gasteiger partial charge >= 0.3 is 0 Å². The zero-order valence-corrected chi connectivity index (χ0v) is 21.7. The van der Waals surface area contributed by atoms with Crippen LogP contribution in [0.1, 0.15) is 56.4 Å². The minimum atomic E-state index is -0.813. The predicted octanol–water partition coefficient (Wildman–Crippen LogP) is 4.91. The van der Waals surface area contributed by atoms with Crippen molar-refractivity contribution in [3.8, 4) is 5.75 Å². The number of nitrogens with zero attached hydrogens (tertiary/aromatic N) is 1. The highest BCUT2D eigenvalue weighted by Crippen LogP contribution is 2.47. The van der Waals surface area contributed by atoms with E-state index in [2.05, 4.69) is 6.92 Å². The largest absolute Gasteiger partial charge is 0.507 e. The molecule has 0 bridgehead atoms. The van der Waals surface area contributed by atoms with Gasteiger partial charge in [0.15, 0.2) is 0 Å². The maximum atomic E-state index is 13.4. The number of carbonyl (C=O) groups is 2. The van der Waals surface area contributed by atoms with E-state index in [0.717, 1.165) is 40.0 Å². The van der Waals surface area contributed by atoms with E-state index >= 15 is 0 Å². The lowest BCUT2D eigenvalue weighted by molar-refractivity contribution is -0.140. The number of aromatic hydroxyl groups is 1. The zero-order chi connectivity index (χ0) is 25.8. The number of benzene rings is 1. The molecule has 2 aliphatic rings. The number of hydrogen-bond acceptors (Lipinski definition) is 6. The van der Waals surface area contributed by atoms with E-state index in [1.165, 1.54) is 16.2 Å². The Morgan fingerprint density at radius 3 is 2.64 bits per heavy atom. The van der Waals surface area contributed by atoms with Crippen LogP contribution in [0.5, 0.6) is 5.75 Å². The minimum Gasteiger partial charge on any atom is -0.507 e. The van der Waals surface area contributed by atoms with Crippen molar-refractivity contribution in [2.75, 3.05) is 6.61 Å². The molecule has 2 aromatic rings. The van der Waals surface area contributed by atoms with Crippen molar-refractivity contribution in [2.24, 2.45) is 17.8 Å². The van der Waals surface area contributed by atoms with Gasteiger partial charge in [-0.3, -0.25) is 14.5 Å². The third-order valence-electron chi connectivity index (χ3n) is 7.43. The lowest BCUT2D eigenvalue weighted by Gasteiger charge is -2.36. The molecule has 3 N–H and O–H groups in total. The molecule has 1 aromatic carbocycles. The third kappa shape index (κ3) is 5.33. The number of allylic oxidation sites excluding steroid dienone is 2. The maximum Gasteiger partial charge on any atom is 0.234 e. The molecule has 4 rings (SSSR count). The number of phenols is 1. The van der Waals surface area contributed by atoms with Crippen LogP contribution in [-0.2, 0) is 16.1 Å². The summed E-state index contributed by atoms with van der Waals surface area (Å²) >= 11 is 1.51. The number of carbonyl (C=O) groups excluding carboxylic acids is 2. The smallest absolute Gasteiger partial charge is 0.234 e. The van der Waals surface area contributed by atoms with E-state index in [0.29, 0.717) is 19.3 Å². The molecule has 1 saturated heterocycles. The number of imide groups is 1. The summed E-state index contributed by atoms with van der Waals surface area (Å²) in [4.78, 5) is 29.0. The number of aliphatic hydroxyl groups excluding tert-OH is 2. The Hall–Kier alpha value is -2.74. The van der Waals surface area contributed by atoms with Crippen LogP contribution in [0.4, 0.5) is 0 Å². The highest BCUT2D eigenvalue weighted by molar-refractivity contribution is 7.09. The number of aliphatic hydroxyl groups is 2. The van der Waals surface area contributed by atoms with Crippen LogP contribution >= 0.6 is 11.3 Å². The number of thiophene rings is 1. The van der Waals surface area contributed by atoms with Crippen molar-refractivity contribution in [3.05, 3.63) is 68.9 Å². The fourth-order valence-electron chi connectivity index (χ4n) is 5.74. The molecule has 0 radical (unpaired) electrons. The molecule has 2 amide bonds. The quantitative estimate of drug-likeness (QED) is 0.312. The molecule has 1 aromatic heterocycles. The van der Waals surface area contributed by atoms with Gasteiger partial charge in [0, 0.05) is 16.4 Å². The summed E-state index contributed by atoms with van der Waals surface area (Å²) in [6.07, 6.45) is 4.17. The lowest BCUT2D eigenvalue weighted by atomic mass is 9.67. The molecule has 192 valence electrons. The Kier molecular flexibility index (Phi) is 8.44. The van der Waals surface area contributed by atoms with Crippen LogP contribution in [-0.4, -0.2) is 44.7 Å². The molecule has 4 atom stereocenters. The SMILES string of the molecule is CCCC1=C([C@H](O)CC/C(C)=C/c2ccccc2O)[C@H](CO)[C@@H]2C(=O)N(Cc3cccs3)C(=O)[C@@H]2C1. The zero-order valence-electron chi connectivity index (χ0n) is 20.9. The number of fused-ring (bicyclic) bond motifs is 1. The molecule has 1 aliphatic carbocycles. The van der Waals surface area contributed by atoms with Gasteiger partial charge in [-0.05, 0) is 55.7 Å². The number of phenolic OH excluding ortho intramolecular Hbond substituents is 1. The van der Waals surface area contributed by atoms with Crippen LogP contribution in [0.2, 0.25) is 0 Å². The van der Waals surface area contributed by atoms with Crippen LogP contribution in [0.15, 0.2) is 58.5 Å². The highest BCUT2D eigenvalue weighted by atomic mass is 32.1. The Morgan fingerprint density at radius 1 is 1.19 bits per heavy atom. The van der Waals surface area contributed by atoms with E-state index in [4.69, 9.17) is 0 Å². The molecule has 7 heteroatoms. The Bertz CT molecular complexity index is 1150. The predicted molar refractivity (Wildman–Crippen MR) is 141 cm³/mol. The van der Waals surface area contributed by atoms with Crippen molar-refractivity contribution in [1.82, 2.24) is 4.90 Å². The number of likely N-dealkylation sites (tertiary alicyclic amines) is 1. The van der Waals surface area contributed by atoms with Gasteiger partial charge in [-0.25, -0.2) is 0 Å². The third-order valence-corrected chi connectivity index (χ3v) is 8.29. The molecule has 36 heavy (non-hydrogen) atoms. The van der Waals surface area contributed by atoms with Gasteiger partial charge in [-0.1, -0.05) is 54.8 Å². The molecule has 6 nitrogen and oxygen atoms in total. The number of hydrogen-bond donors (Lipinski definition) is 3. The van der Waals surface area contributed by atoms with Gasteiger partial charge in [-0.15, -0.1) is 11.3 Å². The summed E-state index contributed by atoms with van der Waals surface area (Å²) in [5.74, 6) is -1.87. The highest BCUT2D eigenvalue weighted by Gasteiger charge is 2.54. The van der Waals surface area contributed by atoms with Crippen molar-refractivity contribution >= 4 is 29.2 Å². The second-order valence-electron chi connectivity index (χ2n) is 9.88. The van der Waals surface area contributed by atoms with E-state index in [9.17, 15) is 24.9 Å². The second kappa shape index (κ2) is 11.5. The van der Waals surface area contributed by atoms with Gasteiger partial charge in [0.25, 0.3) is 0 Å². The molecular weight excluding hydrogens is 474 g/mol. The van der Waals surface area contributed by atoms with Crippen molar-refractivity contribution < 1.29 is 24.9 Å². The van der Waals surface area contributed by atoms with Crippen LogP contribution in [0, 0.1) is 17.8 Å². The molecule has 0 saturated carbocycles. The van der Waals surface area contributed by atoms with Crippen molar-refractivity contribution in [2.45, 2.75) is 58.6 Å². The summed E-state index contributed by atoms with van der Waals surface area (Å²) in [6.45, 7) is 4.00. The van der Waals surface area contributed by atoms with Gasteiger partial charge < -0.3 is 15.3 Å². The standard InChI is InChI=1S/C29H35NO5S/c1-3-7-20-15-22-27(29(35)30(28(22)34)16-21-9-6-13-36-21)23(17-31)26(20)25(33)12-11-18(2)14-19-8-4-5-10-24(19)32/h4-6,8-10,13-14,22-23,25,27,31-33H,3,7,11-12,15-17H2,1-2H3/b18-14+/t22-,23+,25-,27-/m1/s1. The summed E-state index contributed by atoms with van der Waals surface area (Å²) in [6, 6.07) is 10.9. The first-order valence-corrected chi connectivity index (χ1v) is 13.6. The number of rotatable bonds is 10. The first kappa shape index (κ1) is 26.3. The van der Waals surface area contributed by atoms with E-state index in [-0.39, 0.29) is 30.7 Å². The summed E-state index contributed by atoms with van der Waals surface area (Å²) < 4.78 is 0. The maximum absolute atomic E-state index is 13.4. The van der Waals surface area contributed by atoms with Crippen LogP contribution in [0.3, 0.4) is 0 Å². The fourth-order valence-corrected chi connectivity index (χ4v) is 6.44. The van der Waals surface area contributed by atoms with Crippen molar-refractivity contribution in [1.29, 1.82) is 0 Å². The van der Waals surface area contributed by atoms with E-state index < -0.39 is 23.9 Å². The van der Waals surface area contributed by atoms with Crippen molar-refractivity contribution in [3.63, 3.8) is 0 Å². The van der Waals surface area contributed by atoms with Gasteiger partial charge in [-0.2, -0.15) is 0 Å². The lowest BCUT2D eigenvalue weighted by Crippen LogP contribution is -2.39. The monoisotopic (exact) mass is 509 g/mol. The van der Waals surface area contributed by atoms with E-state index in [1.54, 1.807) is 12.1 Å². The first-order chi connectivity index (χ1) is 17.3.